The van der Waals surface area contributed by atoms with E-state index in [1.165, 1.54) is 6.07 Å². The second kappa shape index (κ2) is 4.47. The summed E-state index contributed by atoms with van der Waals surface area (Å²) in [5.74, 6) is -2.56. The molecule has 1 aromatic rings. The summed E-state index contributed by atoms with van der Waals surface area (Å²) in [4.78, 5) is 0.168. The van der Waals surface area contributed by atoms with Crippen molar-refractivity contribution in [3.63, 3.8) is 0 Å². The van der Waals surface area contributed by atoms with Gasteiger partial charge in [-0.05, 0) is 47.4 Å². The minimum absolute atomic E-state index is 0.0348. The zero-order valence-electron chi connectivity index (χ0n) is 8.10. The van der Waals surface area contributed by atoms with Crippen LogP contribution in [-0.4, -0.2) is 13.1 Å². The summed E-state index contributed by atoms with van der Waals surface area (Å²) in [6.45, 7) is 1.59. The Morgan fingerprint density at radius 3 is 2.93 bits per heavy atom. The molecule has 0 saturated carbocycles. The summed E-state index contributed by atoms with van der Waals surface area (Å²) >= 11 is 4.32. The Labute approximate surface area is 100 Å². The first-order valence-corrected chi connectivity index (χ1v) is 6.58. The molecule has 1 aromatic heterocycles. The van der Waals surface area contributed by atoms with E-state index in [9.17, 15) is 8.78 Å². The molecule has 1 nitrogen and oxygen atoms in total. The van der Waals surface area contributed by atoms with Gasteiger partial charge >= 0.3 is 0 Å². The van der Waals surface area contributed by atoms with Crippen LogP contribution in [0.3, 0.4) is 0 Å². The third kappa shape index (κ3) is 2.77. The van der Waals surface area contributed by atoms with Crippen molar-refractivity contribution in [2.75, 3.05) is 13.1 Å². The van der Waals surface area contributed by atoms with Crippen molar-refractivity contribution in [3.8, 4) is 0 Å². The number of hydrogen-bond donors (Lipinski definition) is 1. The molecule has 0 aromatic carbocycles. The van der Waals surface area contributed by atoms with Crippen LogP contribution in [0.15, 0.2) is 15.9 Å². The van der Waals surface area contributed by atoms with Crippen LogP contribution in [0.5, 0.6) is 0 Å². The standard InChI is InChI=1S/C10H12BrF2NS/c11-8-3-9(15-6-8)10(12,13)4-7-1-2-14-5-7/h3,6-7,14H,1-2,4-5H2. The topological polar surface area (TPSA) is 12.0 Å². The monoisotopic (exact) mass is 295 g/mol. The molecule has 1 N–H and O–H groups in total. The number of thiophene rings is 1. The normalized spacial score (nSPS) is 22.2. The number of alkyl halides is 2. The van der Waals surface area contributed by atoms with Gasteiger partial charge in [-0.25, -0.2) is 8.78 Å². The lowest BCUT2D eigenvalue weighted by atomic mass is 9.99. The van der Waals surface area contributed by atoms with E-state index in [0.29, 0.717) is 0 Å². The lowest BCUT2D eigenvalue weighted by Crippen LogP contribution is -2.19. The van der Waals surface area contributed by atoms with Gasteiger partial charge in [0.2, 0.25) is 0 Å². The highest BCUT2D eigenvalue weighted by atomic mass is 79.9. The smallest absolute Gasteiger partial charge is 0.282 e. The van der Waals surface area contributed by atoms with E-state index < -0.39 is 5.92 Å². The molecule has 2 heterocycles. The minimum Gasteiger partial charge on any atom is -0.316 e. The molecule has 0 radical (unpaired) electrons. The molecule has 1 fully saturated rings. The Hall–Kier alpha value is -0.0000000000000000833. The second-order valence-corrected chi connectivity index (χ2v) is 5.72. The fourth-order valence-corrected chi connectivity index (χ4v) is 3.28. The molecule has 1 aliphatic heterocycles. The molecule has 1 unspecified atom stereocenters. The third-order valence-electron chi connectivity index (χ3n) is 2.64. The van der Waals surface area contributed by atoms with Gasteiger partial charge in [0.05, 0.1) is 4.88 Å². The zero-order chi connectivity index (χ0) is 10.9. The van der Waals surface area contributed by atoms with Crippen LogP contribution in [0.2, 0.25) is 0 Å². The van der Waals surface area contributed by atoms with Crippen LogP contribution >= 0.6 is 27.3 Å². The lowest BCUT2D eigenvalue weighted by molar-refractivity contribution is -0.0231. The molecular weight excluding hydrogens is 284 g/mol. The Kier molecular flexibility index (Phi) is 3.42. The largest absolute Gasteiger partial charge is 0.316 e. The van der Waals surface area contributed by atoms with Gasteiger partial charge in [-0.15, -0.1) is 11.3 Å². The van der Waals surface area contributed by atoms with Crippen molar-refractivity contribution >= 4 is 27.3 Å². The quantitative estimate of drug-likeness (QED) is 0.898. The van der Waals surface area contributed by atoms with Gasteiger partial charge in [-0.1, -0.05) is 0 Å². The second-order valence-electron chi connectivity index (χ2n) is 3.90. The molecule has 15 heavy (non-hydrogen) atoms. The predicted octanol–water partition coefficient (Wildman–Crippen LogP) is 3.60. The van der Waals surface area contributed by atoms with Crippen molar-refractivity contribution in [1.82, 2.24) is 5.32 Å². The van der Waals surface area contributed by atoms with E-state index in [1.54, 1.807) is 5.38 Å². The predicted molar refractivity (Wildman–Crippen MR) is 61.5 cm³/mol. The minimum atomic E-state index is -2.67. The first-order valence-electron chi connectivity index (χ1n) is 4.91. The summed E-state index contributed by atoms with van der Waals surface area (Å²) in [6, 6.07) is 1.52. The van der Waals surface area contributed by atoms with Gasteiger partial charge in [0.15, 0.2) is 0 Å². The highest BCUT2D eigenvalue weighted by Crippen LogP contribution is 2.40. The van der Waals surface area contributed by atoms with Crippen molar-refractivity contribution in [2.45, 2.75) is 18.8 Å². The maximum atomic E-state index is 13.8. The van der Waals surface area contributed by atoms with Crippen molar-refractivity contribution in [1.29, 1.82) is 0 Å². The van der Waals surface area contributed by atoms with Gasteiger partial charge in [0.25, 0.3) is 5.92 Å². The summed E-state index contributed by atoms with van der Waals surface area (Å²) in [7, 11) is 0. The number of hydrogen-bond acceptors (Lipinski definition) is 2. The maximum absolute atomic E-state index is 13.8. The van der Waals surface area contributed by atoms with Crippen LogP contribution in [-0.2, 0) is 5.92 Å². The highest BCUT2D eigenvalue weighted by molar-refractivity contribution is 9.10. The Bertz CT molecular complexity index is 334. The Morgan fingerprint density at radius 1 is 1.60 bits per heavy atom. The highest BCUT2D eigenvalue weighted by Gasteiger charge is 2.36. The fraction of sp³-hybridized carbons (Fsp3) is 0.600. The van der Waals surface area contributed by atoms with Gasteiger partial charge < -0.3 is 5.32 Å². The van der Waals surface area contributed by atoms with E-state index in [-0.39, 0.29) is 17.2 Å². The third-order valence-corrected chi connectivity index (χ3v) is 4.44. The Balaban J connectivity index is 2.05. The van der Waals surface area contributed by atoms with Crippen LogP contribution in [0, 0.1) is 5.92 Å². The van der Waals surface area contributed by atoms with Gasteiger partial charge in [-0.2, -0.15) is 0 Å². The average molecular weight is 296 g/mol. The number of nitrogens with one attached hydrogen (secondary N) is 1. The zero-order valence-corrected chi connectivity index (χ0v) is 10.5. The molecule has 2 rings (SSSR count). The molecule has 1 atom stereocenters. The molecule has 0 amide bonds. The van der Waals surface area contributed by atoms with Crippen molar-refractivity contribution < 1.29 is 8.78 Å². The van der Waals surface area contributed by atoms with E-state index >= 15 is 0 Å². The molecule has 0 bridgehead atoms. The van der Waals surface area contributed by atoms with Crippen LogP contribution in [0.25, 0.3) is 0 Å². The number of rotatable bonds is 3. The molecule has 5 heteroatoms. The molecule has 84 valence electrons. The average Bonchev–Trinajstić information content (AvgIpc) is 2.75. The Morgan fingerprint density at radius 2 is 2.40 bits per heavy atom. The van der Waals surface area contributed by atoms with Crippen LogP contribution < -0.4 is 5.32 Å². The van der Waals surface area contributed by atoms with Gasteiger partial charge in [0.1, 0.15) is 0 Å². The van der Waals surface area contributed by atoms with Gasteiger partial charge in [0, 0.05) is 16.3 Å². The molecule has 0 aliphatic carbocycles. The number of halogens is 3. The van der Waals surface area contributed by atoms with E-state index in [1.807, 2.05) is 0 Å². The summed E-state index contributed by atoms with van der Waals surface area (Å²) < 4.78 is 28.3. The van der Waals surface area contributed by atoms with Crippen molar-refractivity contribution in [3.05, 3.63) is 20.8 Å². The summed E-state index contributed by atoms with van der Waals surface area (Å²) in [6.07, 6.45) is 0.828. The van der Waals surface area contributed by atoms with E-state index in [0.717, 1.165) is 35.3 Å². The summed E-state index contributed by atoms with van der Waals surface area (Å²) in [5.41, 5.74) is 0. The fourth-order valence-electron chi connectivity index (χ4n) is 1.86. The van der Waals surface area contributed by atoms with Crippen LogP contribution in [0.1, 0.15) is 17.7 Å². The first-order chi connectivity index (χ1) is 7.08. The van der Waals surface area contributed by atoms with Crippen molar-refractivity contribution in [2.24, 2.45) is 5.92 Å². The van der Waals surface area contributed by atoms with Crippen LogP contribution in [0.4, 0.5) is 8.78 Å². The SMILES string of the molecule is FC(F)(CC1CCNC1)c1cc(Br)cs1. The van der Waals surface area contributed by atoms with E-state index in [2.05, 4.69) is 21.2 Å². The summed E-state index contributed by atoms with van der Waals surface area (Å²) in [5, 5.41) is 4.82. The lowest BCUT2D eigenvalue weighted by Gasteiger charge is -2.18. The first kappa shape index (κ1) is 11.5. The van der Waals surface area contributed by atoms with E-state index in [4.69, 9.17) is 0 Å². The molecule has 0 spiro atoms. The molecule has 1 aliphatic rings. The van der Waals surface area contributed by atoms with Gasteiger partial charge in [-0.3, -0.25) is 0 Å². The molecule has 1 saturated heterocycles. The maximum Gasteiger partial charge on any atom is 0.282 e. The molecular formula is C10H12BrF2NS.